The Hall–Kier alpha value is -2.80. The van der Waals surface area contributed by atoms with Crippen LogP contribution in [0.2, 0.25) is 0 Å². The number of hydrogen-bond donors (Lipinski definition) is 2. The number of hydrazine groups is 1. The first kappa shape index (κ1) is 19.0. The summed E-state index contributed by atoms with van der Waals surface area (Å²) >= 11 is 1.36. The second kappa shape index (κ2) is 8.73. The summed E-state index contributed by atoms with van der Waals surface area (Å²) in [6.45, 7) is 5.12. The predicted octanol–water partition coefficient (Wildman–Crippen LogP) is 3.25. The summed E-state index contributed by atoms with van der Waals surface area (Å²) < 4.78 is 2.14. The van der Waals surface area contributed by atoms with Crippen LogP contribution in [-0.2, 0) is 11.3 Å². The standard InChI is InChI=1S/C20H22N4O2S/c1-14(2)12-24-17-11-7-6-10-16(17)21-20(24)27-13-18(25)22-23-19(26)15-8-4-3-5-9-15/h3-11,14H,12-13H2,1-2H3,(H,22,25)(H,23,26). The van der Waals surface area contributed by atoms with Crippen LogP contribution < -0.4 is 10.9 Å². The molecule has 27 heavy (non-hydrogen) atoms. The molecule has 6 nitrogen and oxygen atoms in total. The summed E-state index contributed by atoms with van der Waals surface area (Å²) in [5, 5.41) is 0.800. The molecule has 3 rings (SSSR count). The van der Waals surface area contributed by atoms with E-state index in [0.29, 0.717) is 11.5 Å². The number of carbonyl (C=O) groups is 2. The van der Waals surface area contributed by atoms with Gasteiger partial charge in [0.15, 0.2) is 5.16 Å². The molecule has 140 valence electrons. The Labute approximate surface area is 162 Å². The third kappa shape index (κ3) is 4.89. The SMILES string of the molecule is CC(C)Cn1c(SCC(=O)NNC(=O)c2ccccc2)nc2ccccc21. The number of imidazole rings is 1. The molecule has 0 bridgehead atoms. The van der Waals surface area contributed by atoms with Gasteiger partial charge in [-0.3, -0.25) is 20.4 Å². The molecule has 0 saturated heterocycles. The molecular formula is C20H22N4O2S. The van der Waals surface area contributed by atoms with Crippen LogP contribution in [0.1, 0.15) is 24.2 Å². The average molecular weight is 382 g/mol. The van der Waals surface area contributed by atoms with Crippen molar-refractivity contribution in [3.63, 3.8) is 0 Å². The number of para-hydroxylation sites is 2. The normalized spacial score (nSPS) is 10.9. The van der Waals surface area contributed by atoms with E-state index in [1.165, 1.54) is 11.8 Å². The van der Waals surface area contributed by atoms with E-state index in [1.54, 1.807) is 24.3 Å². The second-order valence-electron chi connectivity index (χ2n) is 6.54. The molecule has 0 radical (unpaired) electrons. The fourth-order valence-electron chi connectivity index (χ4n) is 2.66. The number of benzene rings is 2. The number of nitrogens with zero attached hydrogens (tertiary/aromatic N) is 2. The van der Waals surface area contributed by atoms with Crippen LogP contribution in [0.15, 0.2) is 59.8 Å². The minimum absolute atomic E-state index is 0.163. The molecule has 0 aliphatic carbocycles. The third-order valence-electron chi connectivity index (χ3n) is 3.85. The Bertz CT molecular complexity index is 938. The third-order valence-corrected chi connectivity index (χ3v) is 4.83. The molecule has 2 amide bonds. The van der Waals surface area contributed by atoms with Crippen LogP contribution in [-0.4, -0.2) is 27.1 Å². The van der Waals surface area contributed by atoms with Gasteiger partial charge in [0, 0.05) is 12.1 Å². The van der Waals surface area contributed by atoms with Gasteiger partial charge in [-0.2, -0.15) is 0 Å². The van der Waals surface area contributed by atoms with E-state index in [1.807, 2.05) is 30.3 Å². The molecule has 0 aliphatic heterocycles. The molecule has 0 saturated carbocycles. The zero-order valence-electron chi connectivity index (χ0n) is 15.3. The van der Waals surface area contributed by atoms with E-state index >= 15 is 0 Å². The fourth-order valence-corrected chi connectivity index (χ4v) is 3.48. The lowest BCUT2D eigenvalue weighted by atomic mass is 10.2. The first-order chi connectivity index (χ1) is 13.0. The van der Waals surface area contributed by atoms with Gasteiger partial charge in [0.2, 0.25) is 5.91 Å². The van der Waals surface area contributed by atoms with Crippen molar-refractivity contribution in [1.29, 1.82) is 0 Å². The van der Waals surface area contributed by atoms with Crippen molar-refractivity contribution in [2.75, 3.05) is 5.75 Å². The highest BCUT2D eigenvalue weighted by molar-refractivity contribution is 7.99. The summed E-state index contributed by atoms with van der Waals surface area (Å²) in [5.41, 5.74) is 7.34. The maximum atomic E-state index is 12.1. The van der Waals surface area contributed by atoms with E-state index < -0.39 is 0 Å². The summed E-state index contributed by atoms with van der Waals surface area (Å²) in [4.78, 5) is 28.7. The maximum absolute atomic E-state index is 12.1. The second-order valence-corrected chi connectivity index (χ2v) is 7.49. The van der Waals surface area contributed by atoms with Crippen LogP contribution in [0.4, 0.5) is 0 Å². The highest BCUT2D eigenvalue weighted by Crippen LogP contribution is 2.25. The number of aromatic nitrogens is 2. The summed E-state index contributed by atoms with van der Waals surface area (Å²) in [7, 11) is 0. The predicted molar refractivity (Wildman–Crippen MR) is 107 cm³/mol. The van der Waals surface area contributed by atoms with Gasteiger partial charge in [-0.15, -0.1) is 0 Å². The zero-order chi connectivity index (χ0) is 19.2. The van der Waals surface area contributed by atoms with Crippen molar-refractivity contribution in [3.05, 3.63) is 60.2 Å². The van der Waals surface area contributed by atoms with E-state index in [-0.39, 0.29) is 17.6 Å². The van der Waals surface area contributed by atoms with Gasteiger partial charge in [-0.1, -0.05) is 55.9 Å². The molecule has 0 atom stereocenters. The Morgan fingerprint density at radius 3 is 2.48 bits per heavy atom. The molecule has 1 heterocycles. The Balaban J connectivity index is 1.61. The molecule has 2 aromatic carbocycles. The zero-order valence-corrected chi connectivity index (χ0v) is 16.1. The van der Waals surface area contributed by atoms with E-state index in [0.717, 1.165) is 22.7 Å². The number of fused-ring (bicyclic) bond motifs is 1. The van der Waals surface area contributed by atoms with Crippen LogP contribution >= 0.6 is 11.8 Å². The lowest BCUT2D eigenvalue weighted by Crippen LogP contribution is -2.42. The first-order valence-corrected chi connectivity index (χ1v) is 9.75. The van der Waals surface area contributed by atoms with E-state index in [9.17, 15) is 9.59 Å². The molecular weight excluding hydrogens is 360 g/mol. The van der Waals surface area contributed by atoms with E-state index in [2.05, 4.69) is 34.3 Å². The van der Waals surface area contributed by atoms with Crippen molar-refractivity contribution < 1.29 is 9.59 Å². The van der Waals surface area contributed by atoms with Crippen LogP contribution in [0.3, 0.4) is 0 Å². The molecule has 0 spiro atoms. The van der Waals surface area contributed by atoms with Crippen LogP contribution in [0.25, 0.3) is 11.0 Å². The number of amides is 2. The number of hydrogen-bond acceptors (Lipinski definition) is 4. The van der Waals surface area contributed by atoms with Crippen molar-refractivity contribution in [2.24, 2.45) is 5.92 Å². The maximum Gasteiger partial charge on any atom is 0.269 e. The van der Waals surface area contributed by atoms with Gasteiger partial charge in [-0.25, -0.2) is 4.98 Å². The fraction of sp³-hybridized carbons (Fsp3) is 0.250. The molecule has 0 fully saturated rings. The molecule has 0 unspecified atom stereocenters. The van der Waals surface area contributed by atoms with Gasteiger partial charge in [0.1, 0.15) is 0 Å². The quantitative estimate of drug-likeness (QED) is 0.507. The average Bonchev–Trinajstić information content (AvgIpc) is 3.02. The number of carbonyl (C=O) groups excluding carboxylic acids is 2. The lowest BCUT2D eigenvalue weighted by Gasteiger charge is -2.11. The van der Waals surface area contributed by atoms with Gasteiger partial charge in [-0.05, 0) is 30.2 Å². The van der Waals surface area contributed by atoms with Crippen molar-refractivity contribution >= 4 is 34.6 Å². The molecule has 2 N–H and O–H groups in total. The highest BCUT2D eigenvalue weighted by Gasteiger charge is 2.14. The lowest BCUT2D eigenvalue weighted by molar-refractivity contribution is -0.119. The summed E-state index contributed by atoms with van der Waals surface area (Å²) in [6.07, 6.45) is 0. The van der Waals surface area contributed by atoms with Crippen molar-refractivity contribution in [1.82, 2.24) is 20.4 Å². The summed E-state index contributed by atoms with van der Waals surface area (Å²) in [6, 6.07) is 16.7. The topological polar surface area (TPSA) is 76.0 Å². The van der Waals surface area contributed by atoms with Gasteiger partial charge in [0.05, 0.1) is 16.8 Å². The number of rotatable bonds is 6. The molecule has 3 aromatic rings. The van der Waals surface area contributed by atoms with E-state index in [4.69, 9.17) is 0 Å². The van der Waals surface area contributed by atoms with Gasteiger partial charge < -0.3 is 4.57 Å². The Morgan fingerprint density at radius 2 is 1.74 bits per heavy atom. The smallest absolute Gasteiger partial charge is 0.269 e. The molecule has 1 aromatic heterocycles. The minimum atomic E-state index is -0.346. The first-order valence-electron chi connectivity index (χ1n) is 8.77. The van der Waals surface area contributed by atoms with Crippen LogP contribution in [0, 0.1) is 5.92 Å². The Kier molecular flexibility index (Phi) is 6.13. The minimum Gasteiger partial charge on any atom is -0.319 e. The molecule has 7 heteroatoms. The van der Waals surface area contributed by atoms with Gasteiger partial charge >= 0.3 is 0 Å². The molecule has 0 aliphatic rings. The highest BCUT2D eigenvalue weighted by atomic mass is 32.2. The summed E-state index contributed by atoms with van der Waals surface area (Å²) in [5.74, 6) is -0.00869. The van der Waals surface area contributed by atoms with Crippen LogP contribution in [0.5, 0.6) is 0 Å². The largest absolute Gasteiger partial charge is 0.319 e. The van der Waals surface area contributed by atoms with Crippen molar-refractivity contribution in [3.8, 4) is 0 Å². The monoisotopic (exact) mass is 382 g/mol. The number of nitrogens with one attached hydrogen (secondary N) is 2. The van der Waals surface area contributed by atoms with Gasteiger partial charge in [0.25, 0.3) is 5.91 Å². The number of thioether (sulfide) groups is 1. The Morgan fingerprint density at radius 1 is 1.04 bits per heavy atom. The van der Waals surface area contributed by atoms with Crippen molar-refractivity contribution in [2.45, 2.75) is 25.5 Å².